The van der Waals surface area contributed by atoms with Crippen LogP contribution >= 0.6 is 0 Å². The molecule has 0 aliphatic heterocycles. The summed E-state index contributed by atoms with van der Waals surface area (Å²) in [4.78, 5) is 7.67. The van der Waals surface area contributed by atoms with Crippen LogP contribution in [-0.4, -0.2) is 60.6 Å². The largest absolute Gasteiger partial charge is 0.393 e. The molecule has 4 saturated carbocycles. The highest BCUT2D eigenvalue weighted by atomic mass is 16.6. The van der Waals surface area contributed by atoms with E-state index in [4.69, 9.17) is 4.84 Å². The van der Waals surface area contributed by atoms with E-state index in [1.807, 2.05) is 0 Å². The van der Waals surface area contributed by atoms with Gasteiger partial charge in [0.25, 0.3) is 0 Å². The summed E-state index contributed by atoms with van der Waals surface area (Å²) in [7, 11) is 4.12. The minimum absolute atomic E-state index is 0.0668. The zero-order valence-corrected chi connectivity index (χ0v) is 20.5. The van der Waals surface area contributed by atoms with Crippen LogP contribution in [0.1, 0.15) is 84.5 Å². The average molecular weight is 437 g/mol. The van der Waals surface area contributed by atoms with E-state index in [2.05, 4.69) is 38.3 Å². The van der Waals surface area contributed by atoms with Gasteiger partial charge in [-0.25, -0.2) is 5.48 Å². The molecule has 8 atom stereocenters. The number of nitrogens with zero attached hydrogens (tertiary/aromatic N) is 1. The van der Waals surface area contributed by atoms with E-state index < -0.39 is 5.60 Å². The van der Waals surface area contributed by atoms with Crippen molar-refractivity contribution in [2.24, 2.45) is 34.5 Å². The fourth-order valence-corrected chi connectivity index (χ4v) is 8.57. The molecule has 4 aliphatic carbocycles. The molecular weight excluding hydrogens is 388 g/mol. The minimum Gasteiger partial charge on any atom is -0.393 e. The van der Waals surface area contributed by atoms with Crippen molar-refractivity contribution in [1.29, 1.82) is 0 Å². The molecule has 0 amide bonds. The molecule has 0 bridgehead atoms. The first kappa shape index (κ1) is 23.9. The summed E-state index contributed by atoms with van der Waals surface area (Å²) in [5.74, 6) is 2.38. The first-order valence-electron chi connectivity index (χ1n) is 13.1. The van der Waals surface area contributed by atoms with E-state index in [1.165, 1.54) is 32.1 Å². The Labute approximate surface area is 190 Å². The smallest absolute Gasteiger partial charge is 0.0809 e. The van der Waals surface area contributed by atoms with Gasteiger partial charge in [0, 0.05) is 13.1 Å². The summed E-state index contributed by atoms with van der Waals surface area (Å²) >= 11 is 0. The quantitative estimate of drug-likeness (QED) is 0.397. The van der Waals surface area contributed by atoms with E-state index in [1.54, 1.807) is 0 Å². The highest BCUT2D eigenvalue weighted by molar-refractivity contribution is 5.16. The van der Waals surface area contributed by atoms with Gasteiger partial charge in [0.05, 0.1) is 18.3 Å². The Kier molecular flexibility index (Phi) is 7.11. The lowest BCUT2D eigenvalue weighted by Gasteiger charge is -2.63. The number of aliphatic hydroxyl groups excluding tert-OH is 1. The van der Waals surface area contributed by atoms with Crippen molar-refractivity contribution in [3.05, 3.63) is 0 Å². The topological polar surface area (TPSA) is 65.0 Å². The van der Waals surface area contributed by atoms with Gasteiger partial charge in [-0.15, -0.1) is 0 Å². The summed E-state index contributed by atoms with van der Waals surface area (Å²) in [6, 6.07) is 0. The predicted octanol–water partition coefficient (Wildman–Crippen LogP) is 3.98. The number of rotatable bonds is 8. The monoisotopic (exact) mass is 436 g/mol. The van der Waals surface area contributed by atoms with Crippen molar-refractivity contribution in [2.75, 3.05) is 33.8 Å². The normalized spacial score (nSPS) is 47.1. The van der Waals surface area contributed by atoms with Crippen LogP contribution in [0, 0.1) is 34.5 Å². The molecule has 0 heterocycles. The van der Waals surface area contributed by atoms with Crippen molar-refractivity contribution in [3.8, 4) is 0 Å². The zero-order chi connectivity index (χ0) is 22.3. The van der Waals surface area contributed by atoms with Gasteiger partial charge in [-0.3, -0.25) is 0 Å². The minimum atomic E-state index is -0.486. The third-order valence-corrected chi connectivity index (χ3v) is 10.6. The molecule has 0 spiro atoms. The predicted molar refractivity (Wildman–Crippen MR) is 124 cm³/mol. The van der Waals surface area contributed by atoms with Gasteiger partial charge < -0.3 is 20.0 Å². The highest BCUT2D eigenvalue weighted by Crippen LogP contribution is 2.69. The Balaban J connectivity index is 1.35. The van der Waals surface area contributed by atoms with Gasteiger partial charge in [-0.2, -0.15) is 0 Å². The van der Waals surface area contributed by atoms with Gasteiger partial charge in [0.15, 0.2) is 0 Å². The number of nitrogens with one attached hydrogen (secondary N) is 1. The van der Waals surface area contributed by atoms with Crippen LogP contribution in [-0.2, 0) is 4.84 Å². The van der Waals surface area contributed by atoms with E-state index in [0.717, 1.165) is 51.6 Å². The molecule has 4 rings (SSSR count). The molecule has 3 N–H and O–H groups in total. The number of hydrogen-bond donors (Lipinski definition) is 3. The number of hydroxylamine groups is 1. The molecule has 4 aliphatic rings. The van der Waals surface area contributed by atoms with Gasteiger partial charge in [-0.1, -0.05) is 13.8 Å². The van der Waals surface area contributed by atoms with Crippen molar-refractivity contribution >= 4 is 0 Å². The Morgan fingerprint density at radius 3 is 2.58 bits per heavy atom. The molecule has 0 aromatic rings. The second-order valence-corrected chi connectivity index (χ2v) is 12.2. The summed E-state index contributed by atoms with van der Waals surface area (Å²) in [6.07, 6.45) is 12.3. The maximum Gasteiger partial charge on any atom is 0.0809 e. The Hall–Kier alpha value is -0.200. The van der Waals surface area contributed by atoms with Crippen LogP contribution in [0.25, 0.3) is 0 Å². The van der Waals surface area contributed by atoms with Gasteiger partial charge in [0.1, 0.15) is 0 Å². The third-order valence-electron chi connectivity index (χ3n) is 10.6. The molecule has 5 heteroatoms. The molecule has 0 radical (unpaired) electrons. The molecule has 31 heavy (non-hydrogen) atoms. The van der Waals surface area contributed by atoms with Crippen LogP contribution in [0.3, 0.4) is 0 Å². The maximum absolute atomic E-state index is 12.2. The van der Waals surface area contributed by atoms with E-state index >= 15 is 0 Å². The SMILES string of the molecule is CN(C)CCONCCCC1CC[C@@]2(O)[C@@H]3CCC4CC(O)CC[C@]4(C)[C@@H]3CC[C@]12C. The van der Waals surface area contributed by atoms with E-state index in [9.17, 15) is 10.2 Å². The Morgan fingerprint density at radius 2 is 1.81 bits per heavy atom. The number of aliphatic hydroxyl groups is 2. The van der Waals surface area contributed by atoms with Gasteiger partial charge in [-0.05, 0) is 119 Å². The first-order chi connectivity index (χ1) is 14.7. The van der Waals surface area contributed by atoms with Gasteiger partial charge >= 0.3 is 0 Å². The van der Waals surface area contributed by atoms with Crippen LogP contribution in [0.5, 0.6) is 0 Å². The number of likely N-dealkylation sites (N-methyl/N-ethyl adjacent to an activating group) is 1. The molecule has 0 aromatic carbocycles. The summed E-state index contributed by atoms with van der Waals surface area (Å²) in [5.41, 5.74) is 3.04. The standard InChI is InChI=1S/C26H48N2O3/c1-24-12-10-21(29)18-20(24)7-8-23-22(24)11-13-25(2)19(9-14-26(23,25)30)6-5-15-27-31-17-16-28(3)4/h19-23,27,29-30H,5-18H2,1-4H3/t19?,20?,21?,22-,23-,24+,25-,26-/m1/s1. The molecule has 5 nitrogen and oxygen atoms in total. The average Bonchev–Trinajstić information content (AvgIpc) is 2.99. The number of hydrogen-bond acceptors (Lipinski definition) is 5. The van der Waals surface area contributed by atoms with Crippen molar-refractivity contribution < 1.29 is 15.1 Å². The Bertz CT molecular complexity index is 615. The highest BCUT2D eigenvalue weighted by Gasteiger charge is 2.66. The fraction of sp³-hybridized carbons (Fsp3) is 1.00. The molecule has 0 saturated heterocycles. The van der Waals surface area contributed by atoms with Crippen molar-refractivity contribution in [3.63, 3.8) is 0 Å². The lowest BCUT2D eigenvalue weighted by atomic mass is 9.43. The lowest BCUT2D eigenvalue weighted by molar-refractivity contribution is -0.210. The third kappa shape index (κ3) is 4.23. The van der Waals surface area contributed by atoms with Crippen LogP contribution in [0.15, 0.2) is 0 Å². The molecule has 180 valence electrons. The van der Waals surface area contributed by atoms with Gasteiger partial charge in [0.2, 0.25) is 0 Å². The zero-order valence-electron chi connectivity index (χ0n) is 20.5. The molecule has 3 unspecified atom stereocenters. The Morgan fingerprint density at radius 1 is 1.00 bits per heavy atom. The molecule has 0 aromatic heterocycles. The first-order valence-corrected chi connectivity index (χ1v) is 13.1. The van der Waals surface area contributed by atoms with Crippen LogP contribution in [0.2, 0.25) is 0 Å². The molecular formula is C26H48N2O3. The summed E-state index contributed by atoms with van der Waals surface area (Å²) in [6.45, 7) is 7.46. The summed E-state index contributed by atoms with van der Waals surface area (Å²) < 4.78 is 0. The van der Waals surface area contributed by atoms with Crippen LogP contribution in [0.4, 0.5) is 0 Å². The fourth-order valence-electron chi connectivity index (χ4n) is 8.57. The second-order valence-electron chi connectivity index (χ2n) is 12.2. The van der Waals surface area contributed by atoms with E-state index in [-0.39, 0.29) is 11.5 Å². The van der Waals surface area contributed by atoms with Crippen molar-refractivity contribution in [2.45, 2.75) is 96.2 Å². The van der Waals surface area contributed by atoms with E-state index in [0.29, 0.717) is 35.7 Å². The maximum atomic E-state index is 12.2. The lowest BCUT2D eigenvalue weighted by Crippen LogP contribution is -2.62. The van der Waals surface area contributed by atoms with Crippen LogP contribution < -0.4 is 5.48 Å². The second kappa shape index (κ2) is 9.21. The summed E-state index contributed by atoms with van der Waals surface area (Å²) in [5, 5.41) is 22.5. The number of fused-ring (bicyclic) bond motifs is 5. The molecule has 4 fully saturated rings. The van der Waals surface area contributed by atoms with Crippen molar-refractivity contribution in [1.82, 2.24) is 10.4 Å².